The summed E-state index contributed by atoms with van der Waals surface area (Å²) in [7, 11) is 1.13. The van der Waals surface area contributed by atoms with Crippen LogP contribution in [0.5, 0.6) is 0 Å². The summed E-state index contributed by atoms with van der Waals surface area (Å²) in [6.45, 7) is 4.74. The van der Waals surface area contributed by atoms with E-state index in [0.29, 0.717) is 0 Å². The number of esters is 3. The van der Waals surface area contributed by atoms with Gasteiger partial charge < -0.3 is 93.7 Å². The van der Waals surface area contributed by atoms with Crippen LogP contribution in [0, 0.1) is 35.5 Å². The lowest BCUT2D eigenvalue weighted by atomic mass is 9.83. The van der Waals surface area contributed by atoms with Crippen LogP contribution in [0.4, 0.5) is 0 Å². The van der Waals surface area contributed by atoms with Crippen molar-refractivity contribution in [3.8, 4) is 0 Å². The first-order valence-corrected chi connectivity index (χ1v) is 21.6. The van der Waals surface area contributed by atoms with Crippen LogP contribution in [-0.4, -0.2) is 189 Å². The Hall–Kier alpha value is -4.08. The molecule has 0 aromatic heterocycles. The van der Waals surface area contributed by atoms with Crippen molar-refractivity contribution in [1.82, 2.24) is 0 Å². The van der Waals surface area contributed by atoms with Crippen molar-refractivity contribution in [1.29, 1.82) is 0 Å². The van der Waals surface area contributed by atoms with E-state index in [2.05, 4.69) is 0 Å². The molecule has 372 valence electrons. The molecule has 5 rings (SSSR count). The van der Waals surface area contributed by atoms with E-state index in [9.17, 15) is 70.2 Å². The normalized spacial score (nSPS) is 39.8. The van der Waals surface area contributed by atoms with Gasteiger partial charge in [0.15, 0.2) is 12.6 Å². The molecule has 0 bridgehead atoms. The Bertz CT molecular complexity index is 1830. The number of aliphatic hydroxyl groups excluding tert-OH is 9. The van der Waals surface area contributed by atoms with Gasteiger partial charge in [-0.2, -0.15) is 0 Å². The molecule has 19 atom stereocenters. The van der Waals surface area contributed by atoms with Gasteiger partial charge in [-0.05, 0) is 38.0 Å². The Morgan fingerprint density at radius 1 is 0.742 bits per heavy atom. The van der Waals surface area contributed by atoms with Crippen LogP contribution < -0.4 is 0 Å². The molecule has 4 heterocycles. The molecule has 10 N–H and O–H groups in total. The summed E-state index contributed by atoms with van der Waals surface area (Å²) in [6.07, 6.45) is -15.8. The number of allylic oxidation sites excluding steroid dienone is 2. The van der Waals surface area contributed by atoms with Crippen molar-refractivity contribution >= 4 is 23.9 Å². The number of aliphatic carboxylic acids is 1. The third kappa shape index (κ3) is 11.4. The molecule has 5 aliphatic rings. The van der Waals surface area contributed by atoms with E-state index in [4.69, 9.17) is 42.6 Å². The number of carbonyl (C=O) groups excluding carboxylic acids is 3. The Morgan fingerprint density at radius 2 is 1.23 bits per heavy atom. The quantitative estimate of drug-likeness (QED) is 0.0413. The van der Waals surface area contributed by atoms with Crippen LogP contribution in [0.1, 0.15) is 47.0 Å². The van der Waals surface area contributed by atoms with Crippen LogP contribution in [0.3, 0.4) is 0 Å². The lowest BCUT2D eigenvalue weighted by Crippen LogP contribution is -2.60. The zero-order valence-corrected chi connectivity index (χ0v) is 37.0. The van der Waals surface area contributed by atoms with Gasteiger partial charge in [-0.25, -0.2) is 9.59 Å². The maximum absolute atomic E-state index is 13.7. The molecular formula is C43H62O23. The molecular weight excluding hydrogens is 884 g/mol. The second kappa shape index (κ2) is 23.3. The molecule has 3 fully saturated rings. The molecule has 0 aromatic rings. The molecule has 0 aromatic carbocycles. The lowest BCUT2D eigenvalue weighted by Gasteiger charge is -2.41. The topological polar surface area (TPSA) is 354 Å². The first-order valence-electron chi connectivity index (χ1n) is 21.6. The molecule has 1 saturated carbocycles. The van der Waals surface area contributed by atoms with E-state index >= 15 is 0 Å². The maximum atomic E-state index is 13.7. The standard InChI is InChI=1S/C43H62O23/c1-6-19-22(25(38(55)56)15-60-40(19)65-42-36(53)34(51)32(49)28(12-45)63-42)10-31(48)62-27-8-21(17(3)11-44)24(18(27)4)14-59-30(47)9-23-20(7-2)41(61-16-26(23)39(57)58-5)66-43-37(54)35(52)33(50)29(13-46)64-43/h6-7,15-18,21-24,27-29,32-37,40-46,49-54H,8-14H2,1-5H3,(H,55,56)/t17-,18-,21+,22+,23-,24-,27-,28-,29+,32-,33+,34+,35-,36-,37+,40-,41+,42+,43-/m1/s1. The van der Waals surface area contributed by atoms with Gasteiger partial charge in [0.05, 0.1) is 63.4 Å². The van der Waals surface area contributed by atoms with Gasteiger partial charge in [0.1, 0.15) is 54.9 Å². The van der Waals surface area contributed by atoms with E-state index in [0.717, 1.165) is 19.6 Å². The zero-order chi connectivity index (χ0) is 48.7. The third-order valence-corrected chi connectivity index (χ3v) is 13.1. The third-order valence-electron chi connectivity index (χ3n) is 13.1. The fraction of sp³-hybridized carbons (Fsp3) is 0.721. The number of carbonyl (C=O) groups is 4. The Balaban J connectivity index is 1.26. The molecule has 0 radical (unpaired) electrons. The molecule has 0 spiro atoms. The average Bonchev–Trinajstić information content (AvgIpc) is 3.61. The Labute approximate surface area is 379 Å². The minimum Gasteiger partial charge on any atom is -0.478 e. The minimum atomic E-state index is -1.80. The number of methoxy groups -OCH3 is 1. The van der Waals surface area contributed by atoms with Crippen molar-refractivity contribution in [3.05, 3.63) is 47.0 Å². The minimum absolute atomic E-state index is 0.0811. The Morgan fingerprint density at radius 3 is 1.68 bits per heavy atom. The van der Waals surface area contributed by atoms with Gasteiger partial charge in [0.25, 0.3) is 0 Å². The van der Waals surface area contributed by atoms with E-state index in [-0.39, 0.29) is 53.8 Å². The van der Waals surface area contributed by atoms with Gasteiger partial charge in [-0.15, -0.1) is 0 Å². The summed E-state index contributed by atoms with van der Waals surface area (Å²) in [5.41, 5.74) is -0.0738. The number of hydrogen-bond donors (Lipinski definition) is 10. The molecule has 23 nitrogen and oxygen atoms in total. The van der Waals surface area contributed by atoms with Crippen molar-refractivity contribution in [2.45, 2.75) is 127 Å². The zero-order valence-electron chi connectivity index (χ0n) is 37.0. The maximum Gasteiger partial charge on any atom is 0.337 e. The van der Waals surface area contributed by atoms with E-state index in [1.165, 1.54) is 19.1 Å². The van der Waals surface area contributed by atoms with E-state index < -0.39 is 154 Å². The lowest BCUT2D eigenvalue weighted by molar-refractivity contribution is -0.327. The molecule has 0 amide bonds. The predicted octanol–water partition coefficient (Wildman–Crippen LogP) is -2.38. The number of aliphatic hydroxyl groups is 9. The van der Waals surface area contributed by atoms with Crippen molar-refractivity contribution in [2.75, 3.05) is 33.5 Å². The number of rotatable bonds is 17. The summed E-state index contributed by atoms with van der Waals surface area (Å²) >= 11 is 0. The number of carboxylic acids is 1. The van der Waals surface area contributed by atoms with Crippen LogP contribution in [0.25, 0.3) is 0 Å². The molecule has 23 heteroatoms. The van der Waals surface area contributed by atoms with Gasteiger partial charge in [0.2, 0.25) is 12.6 Å². The van der Waals surface area contributed by atoms with Gasteiger partial charge in [-0.1, -0.05) is 26.0 Å². The summed E-state index contributed by atoms with van der Waals surface area (Å²) in [6, 6.07) is 0. The summed E-state index contributed by atoms with van der Waals surface area (Å²) in [5.74, 6) is -7.72. The number of ether oxygens (including phenoxy) is 9. The van der Waals surface area contributed by atoms with Crippen LogP contribution in [0.15, 0.2) is 47.0 Å². The van der Waals surface area contributed by atoms with Gasteiger partial charge in [0, 0.05) is 35.5 Å². The SMILES string of the molecule is CC=C1[C@@H](O[C@@H]2O[C@H](CO)[C@@H](O)[C@H](O)[C@H]2O)OC=C(C(=O)O)[C@H]1CC(=O)O[C@@H]1C[C@@H]([C@H](C)CO)[C@H](COC(=O)C[C@H]2C(C(=O)OC)=CO[C@@H](O[C@H]3O[C@@H](CO)[C@H](O)[C@@H](O)[C@@H]3O)C2=CC)[C@H]1C. The van der Waals surface area contributed by atoms with Crippen LogP contribution >= 0.6 is 0 Å². The largest absolute Gasteiger partial charge is 0.478 e. The summed E-state index contributed by atoms with van der Waals surface area (Å²) in [5, 5.41) is 101. The van der Waals surface area contributed by atoms with Gasteiger partial charge >= 0.3 is 23.9 Å². The molecule has 0 unspecified atom stereocenters. The van der Waals surface area contributed by atoms with Crippen molar-refractivity contribution in [2.24, 2.45) is 35.5 Å². The van der Waals surface area contributed by atoms with E-state index in [1.54, 1.807) is 20.8 Å². The Kier molecular flexibility index (Phi) is 18.7. The molecule has 2 saturated heterocycles. The highest BCUT2D eigenvalue weighted by molar-refractivity contribution is 5.91. The molecule has 66 heavy (non-hydrogen) atoms. The molecule has 1 aliphatic carbocycles. The highest BCUT2D eigenvalue weighted by Crippen LogP contribution is 2.44. The highest BCUT2D eigenvalue weighted by atomic mass is 16.8. The summed E-state index contributed by atoms with van der Waals surface area (Å²) in [4.78, 5) is 52.6. The second-order valence-electron chi connectivity index (χ2n) is 16.9. The fourth-order valence-corrected chi connectivity index (χ4v) is 9.08. The number of hydrogen-bond acceptors (Lipinski definition) is 22. The van der Waals surface area contributed by atoms with Crippen LogP contribution in [-0.2, 0) is 61.8 Å². The summed E-state index contributed by atoms with van der Waals surface area (Å²) < 4.78 is 50.3. The average molecular weight is 947 g/mol. The number of carboxylic acid groups (broad SMARTS) is 1. The smallest absolute Gasteiger partial charge is 0.337 e. The van der Waals surface area contributed by atoms with E-state index in [1.807, 2.05) is 0 Å². The predicted molar refractivity (Wildman–Crippen MR) is 217 cm³/mol. The molecule has 4 aliphatic heterocycles. The first-order chi connectivity index (χ1) is 31.3. The van der Waals surface area contributed by atoms with Crippen molar-refractivity contribution < 1.29 is 113 Å². The monoisotopic (exact) mass is 946 g/mol. The van der Waals surface area contributed by atoms with Crippen LogP contribution in [0.2, 0.25) is 0 Å². The fourth-order valence-electron chi connectivity index (χ4n) is 9.08. The van der Waals surface area contributed by atoms with Crippen molar-refractivity contribution in [3.63, 3.8) is 0 Å². The second-order valence-corrected chi connectivity index (χ2v) is 16.9. The highest BCUT2D eigenvalue weighted by Gasteiger charge is 2.50. The van der Waals surface area contributed by atoms with Gasteiger partial charge in [-0.3, -0.25) is 9.59 Å². The first kappa shape index (κ1) is 52.9.